The lowest BCUT2D eigenvalue weighted by Gasteiger charge is -2.30. The molecule has 4 heterocycles. The van der Waals surface area contributed by atoms with Crippen LogP contribution in [0.3, 0.4) is 0 Å². The zero-order chi connectivity index (χ0) is 19.2. The van der Waals surface area contributed by atoms with Gasteiger partial charge in [0.1, 0.15) is 15.4 Å². The Morgan fingerprint density at radius 3 is 2.96 bits per heavy atom. The number of nitrogens with zero attached hydrogens (tertiary/aromatic N) is 3. The number of aromatic nitrogens is 3. The molecule has 144 valence electrons. The summed E-state index contributed by atoms with van der Waals surface area (Å²) in [6.45, 7) is 10.5. The molecule has 0 atom stereocenters. The van der Waals surface area contributed by atoms with E-state index in [1.807, 2.05) is 13.8 Å². The highest BCUT2D eigenvalue weighted by molar-refractivity contribution is 7.25. The number of pyridine rings is 1. The van der Waals surface area contributed by atoms with Gasteiger partial charge in [-0.05, 0) is 40.2 Å². The van der Waals surface area contributed by atoms with E-state index in [1.165, 1.54) is 11.3 Å². The predicted molar refractivity (Wildman–Crippen MR) is 108 cm³/mol. The third-order valence-corrected chi connectivity index (χ3v) is 6.09. The van der Waals surface area contributed by atoms with E-state index in [4.69, 9.17) is 19.4 Å². The van der Waals surface area contributed by atoms with Crippen molar-refractivity contribution in [2.45, 2.75) is 59.3 Å². The van der Waals surface area contributed by atoms with Crippen LogP contribution < -0.4 is 5.56 Å². The highest BCUT2D eigenvalue weighted by Crippen LogP contribution is 2.34. The van der Waals surface area contributed by atoms with Crippen molar-refractivity contribution in [3.8, 4) is 0 Å². The first-order chi connectivity index (χ1) is 12.9. The molecule has 0 spiro atoms. The maximum absolute atomic E-state index is 13.0. The van der Waals surface area contributed by atoms with Crippen LogP contribution in [-0.2, 0) is 29.0 Å². The Morgan fingerprint density at radius 2 is 2.19 bits per heavy atom. The molecule has 0 aliphatic carbocycles. The number of thiophene rings is 1. The molecule has 6 nitrogen and oxygen atoms in total. The summed E-state index contributed by atoms with van der Waals surface area (Å²) >= 11 is 1.45. The van der Waals surface area contributed by atoms with Crippen LogP contribution in [0.2, 0.25) is 0 Å². The zero-order valence-electron chi connectivity index (χ0n) is 16.3. The summed E-state index contributed by atoms with van der Waals surface area (Å²) in [7, 11) is 0. The van der Waals surface area contributed by atoms with Crippen LogP contribution in [0.25, 0.3) is 20.4 Å². The molecular weight excluding hydrogens is 362 g/mol. The fourth-order valence-corrected chi connectivity index (χ4v) is 4.64. The van der Waals surface area contributed by atoms with Crippen molar-refractivity contribution in [1.29, 1.82) is 0 Å². The average Bonchev–Trinajstić information content (AvgIpc) is 2.96. The third-order valence-electron chi connectivity index (χ3n) is 5.01. The van der Waals surface area contributed by atoms with E-state index >= 15 is 0 Å². The van der Waals surface area contributed by atoms with Crippen LogP contribution in [0, 0.1) is 6.92 Å². The van der Waals surface area contributed by atoms with Crippen LogP contribution in [-0.4, -0.2) is 33.3 Å². The van der Waals surface area contributed by atoms with E-state index in [2.05, 4.69) is 19.9 Å². The monoisotopic (exact) mass is 387 g/mol. The molecule has 0 unspecified atom stereocenters. The Bertz CT molecular complexity index is 1070. The molecule has 0 fully saturated rings. The summed E-state index contributed by atoms with van der Waals surface area (Å²) in [6.07, 6.45) is 1.58. The summed E-state index contributed by atoms with van der Waals surface area (Å²) in [5, 5.41) is 0.957. The van der Waals surface area contributed by atoms with Gasteiger partial charge in [0.15, 0.2) is 0 Å². The minimum absolute atomic E-state index is 0.0200. The molecule has 0 saturated heterocycles. The minimum atomic E-state index is -0.202. The van der Waals surface area contributed by atoms with Gasteiger partial charge in [-0.15, -0.1) is 11.3 Å². The smallest absolute Gasteiger partial charge is 0.271 e. The summed E-state index contributed by atoms with van der Waals surface area (Å²) in [5.41, 5.74) is 2.75. The van der Waals surface area contributed by atoms with Gasteiger partial charge in [-0.2, -0.15) is 0 Å². The fourth-order valence-electron chi connectivity index (χ4n) is 3.57. The Morgan fingerprint density at radius 1 is 1.37 bits per heavy atom. The summed E-state index contributed by atoms with van der Waals surface area (Å²) in [6, 6.07) is 2.11. The highest BCUT2D eigenvalue weighted by atomic mass is 32.1. The van der Waals surface area contributed by atoms with Crippen LogP contribution >= 0.6 is 11.3 Å². The minimum Gasteiger partial charge on any atom is -0.382 e. The second kappa shape index (κ2) is 6.96. The largest absolute Gasteiger partial charge is 0.382 e. The van der Waals surface area contributed by atoms with Gasteiger partial charge in [0.2, 0.25) is 0 Å². The lowest BCUT2D eigenvalue weighted by molar-refractivity contribution is -0.0411. The first kappa shape index (κ1) is 18.5. The van der Waals surface area contributed by atoms with Gasteiger partial charge in [0.05, 0.1) is 23.4 Å². The van der Waals surface area contributed by atoms with E-state index in [1.54, 1.807) is 4.57 Å². The number of rotatable bonds is 5. The molecule has 4 rings (SSSR count). The average molecular weight is 388 g/mol. The van der Waals surface area contributed by atoms with Crippen molar-refractivity contribution < 1.29 is 9.47 Å². The lowest BCUT2D eigenvalue weighted by Crippen LogP contribution is -2.32. The quantitative estimate of drug-likeness (QED) is 0.626. The Labute approximate surface area is 162 Å². The fraction of sp³-hybridized carbons (Fsp3) is 0.550. The topological polar surface area (TPSA) is 66.2 Å². The molecular formula is C20H25N3O3S. The van der Waals surface area contributed by atoms with Crippen LogP contribution in [0.4, 0.5) is 0 Å². The second-order valence-electron chi connectivity index (χ2n) is 7.62. The Hall–Kier alpha value is -1.83. The molecule has 27 heavy (non-hydrogen) atoms. The van der Waals surface area contributed by atoms with Crippen molar-refractivity contribution in [3.63, 3.8) is 0 Å². The van der Waals surface area contributed by atoms with Gasteiger partial charge >= 0.3 is 0 Å². The van der Waals surface area contributed by atoms with Gasteiger partial charge in [-0.3, -0.25) is 9.36 Å². The van der Waals surface area contributed by atoms with Crippen molar-refractivity contribution >= 4 is 31.8 Å². The number of aryl methyl sites for hydroxylation is 1. The first-order valence-corrected chi connectivity index (χ1v) is 10.3. The molecule has 7 heteroatoms. The SMILES string of the molecule is CCOCCCn1c(C)nc2c(sc3nc4c(cc32)COC(C)(C)C4)c1=O. The van der Waals surface area contributed by atoms with Gasteiger partial charge in [0, 0.05) is 37.1 Å². The number of hydrogen-bond acceptors (Lipinski definition) is 6. The first-order valence-electron chi connectivity index (χ1n) is 9.44. The van der Waals surface area contributed by atoms with E-state index in [-0.39, 0.29) is 11.2 Å². The van der Waals surface area contributed by atoms with Crippen molar-refractivity contribution in [1.82, 2.24) is 14.5 Å². The molecule has 1 aliphatic rings. The van der Waals surface area contributed by atoms with Gasteiger partial charge in [-0.25, -0.2) is 9.97 Å². The molecule has 3 aromatic rings. The molecule has 0 saturated carbocycles. The molecule has 0 N–H and O–H groups in total. The summed E-state index contributed by atoms with van der Waals surface area (Å²) < 4.78 is 13.7. The normalized spacial score (nSPS) is 16.1. The molecule has 3 aromatic heterocycles. The number of fused-ring (bicyclic) bond motifs is 4. The summed E-state index contributed by atoms with van der Waals surface area (Å²) in [5.74, 6) is 0.735. The summed E-state index contributed by atoms with van der Waals surface area (Å²) in [4.78, 5) is 23.6. The maximum atomic E-state index is 13.0. The van der Waals surface area contributed by atoms with Gasteiger partial charge in [0.25, 0.3) is 5.56 Å². The van der Waals surface area contributed by atoms with Gasteiger partial charge in [-0.1, -0.05) is 0 Å². The van der Waals surface area contributed by atoms with Crippen molar-refractivity contribution in [3.05, 3.63) is 33.5 Å². The maximum Gasteiger partial charge on any atom is 0.271 e. The number of ether oxygens (including phenoxy) is 2. The molecule has 0 radical (unpaired) electrons. The number of hydrogen-bond donors (Lipinski definition) is 0. The Balaban J connectivity index is 1.79. The molecule has 0 bridgehead atoms. The molecule has 0 amide bonds. The Kier molecular flexibility index (Phi) is 4.78. The third kappa shape index (κ3) is 3.39. The molecule has 1 aliphatic heterocycles. The van der Waals surface area contributed by atoms with Crippen LogP contribution in [0.5, 0.6) is 0 Å². The standard InChI is InChI=1S/C20H25N3O3S/c1-5-25-8-6-7-23-12(2)21-16-14-9-13-11-26-20(3,4)10-15(13)22-18(14)27-17(16)19(23)24/h9H,5-8,10-11H2,1-4H3. The van der Waals surface area contributed by atoms with Crippen molar-refractivity contribution in [2.24, 2.45) is 0 Å². The van der Waals surface area contributed by atoms with Gasteiger partial charge < -0.3 is 9.47 Å². The van der Waals surface area contributed by atoms with E-state index in [0.717, 1.165) is 45.7 Å². The zero-order valence-corrected chi connectivity index (χ0v) is 17.1. The van der Waals surface area contributed by atoms with Crippen LogP contribution in [0.1, 0.15) is 44.3 Å². The predicted octanol–water partition coefficient (Wildman–Crippen LogP) is 3.59. The van der Waals surface area contributed by atoms with E-state index < -0.39 is 0 Å². The van der Waals surface area contributed by atoms with Crippen molar-refractivity contribution in [2.75, 3.05) is 13.2 Å². The van der Waals surface area contributed by atoms with Crippen LogP contribution in [0.15, 0.2) is 10.9 Å². The second-order valence-corrected chi connectivity index (χ2v) is 8.62. The lowest BCUT2D eigenvalue weighted by atomic mass is 9.95. The highest BCUT2D eigenvalue weighted by Gasteiger charge is 2.28. The van der Waals surface area contributed by atoms with E-state index in [9.17, 15) is 4.79 Å². The van der Waals surface area contributed by atoms with E-state index in [0.29, 0.717) is 31.1 Å². The molecule has 0 aromatic carbocycles.